The molecule has 0 aromatic carbocycles. The Bertz CT molecular complexity index is 1140. The number of rotatable bonds is 7. The summed E-state index contributed by atoms with van der Waals surface area (Å²) in [5.74, 6) is 0.337. The number of nitrogens with zero attached hydrogens (tertiary/aromatic N) is 3. The normalized spacial score (nSPS) is 11.3. The summed E-state index contributed by atoms with van der Waals surface area (Å²) in [5, 5.41) is 8.34. The summed E-state index contributed by atoms with van der Waals surface area (Å²) in [6, 6.07) is 6.63. The van der Waals surface area contributed by atoms with Crippen molar-refractivity contribution in [2.45, 2.75) is 44.4 Å². The molecule has 10 heteroatoms. The monoisotopic (exact) mass is 437 g/mol. The average Bonchev–Trinajstić information content (AvgIpc) is 2.94. The number of halogens is 1. The molecule has 0 bridgehead atoms. The first-order valence-corrected chi connectivity index (χ1v) is 10.6. The molecule has 0 aliphatic rings. The van der Waals surface area contributed by atoms with Gasteiger partial charge in [0.2, 0.25) is 10.0 Å². The third kappa shape index (κ3) is 5.11. The number of hydrogen-bond donors (Lipinski definition) is 2. The molecule has 29 heavy (non-hydrogen) atoms. The van der Waals surface area contributed by atoms with Crippen molar-refractivity contribution in [3.05, 3.63) is 69.5 Å². The van der Waals surface area contributed by atoms with Crippen LogP contribution in [0.1, 0.15) is 42.3 Å². The van der Waals surface area contributed by atoms with Gasteiger partial charge in [0.25, 0.3) is 5.56 Å². The number of aromatic nitrogens is 4. The zero-order chi connectivity index (χ0) is 20.3. The van der Waals surface area contributed by atoms with Crippen LogP contribution in [0.2, 0.25) is 0 Å². The van der Waals surface area contributed by atoms with Gasteiger partial charge in [-0.3, -0.25) is 14.9 Å². The number of sulfonamides is 1. The number of aromatic amines is 1. The van der Waals surface area contributed by atoms with Gasteiger partial charge in [0.1, 0.15) is 4.90 Å². The second kappa shape index (κ2) is 9.34. The van der Waals surface area contributed by atoms with Crippen LogP contribution >= 0.6 is 12.4 Å². The van der Waals surface area contributed by atoms with E-state index < -0.39 is 10.0 Å². The molecule has 0 unspecified atom stereocenters. The number of primary sulfonamides is 1. The SMILES string of the molecule is CCCCc1nc(-n2[nH]c(C)c(Cc3cccnc3)c2=O)ccc1S(N)(=O)=O.Cl. The average molecular weight is 438 g/mol. The van der Waals surface area contributed by atoms with Crippen molar-refractivity contribution >= 4 is 22.4 Å². The van der Waals surface area contributed by atoms with Crippen LogP contribution < -0.4 is 10.7 Å². The molecular weight excluding hydrogens is 414 g/mol. The molecular formula is C19H24ClN5O3S. The molecule has 0 saturated heterocycles. The third-order valence-electron chi connectivity index (χ3n) is 4.52. The van der Waals surface area contributed by atoms with Gasteiger partial charge < -0.3 is 0 Å². The first-order chi connectivity index (χ1) is 13.3. The molecule has 3 rings (SSSR count). The standard InChI is InChI=1S/C19H23N5O3S.ClH/c1-3-4-7-16-17(28(20,26)27)8-9-18(22-16)24-19(25)15(13(2)23-24)11-14-6-5-10-21-12-14;/h5-6,8-10,12,23H,3-4,7,11H2,1-2H3,(H2,20,26,27);1H. The van der Waals surface area contributed by atoms with Gasteiger partial charge in [0, 0.05) is 30.1 Å². The minimum absolute atomic E-state index is 0. The van der Waals surface area contributed by atoms with Crippen molar-refractivity contribution in [1.82, 2.24) is 19.7 Å². The largest absolute Gasteiger partial charge is 0.294 e. The Labute approximate surface area is 175 Å². The zero-order valence-electron chi connectivity index (χ0n) is 16.3. The van der Waals surface area contributed by atoms with E-state index in [1.54, 1.807) is 12.4 Å². The fraction of sp³-hybridized carbons (Fsp3) is 0.316. The minimum atomic E-state index is -3.88. The lowest BCUT2D eigenvalue weighted by Crippen LogP contribution is -2.21. The molecule has 0 saturated carbocycles. The zero-order valence-corrected chi connectivity index (χ0v) is 17.9. The van der Waals surface area contributed by atoms with E-state index in [2.05, 4.69) is 15.1 Å². The van der Waals surface area contributed by atoms with Crippen molar-refractivity contribution in [3.8, 4) is 5.82 Å². The van der Waals surface area contributed by atoms with Crippen LogP contribution in [0.15, 0.2) is 46.3 Å². The number of H-pyrrole nitrogens is 1. The lowest BCUT2D eigenvalue weighted by atomic mass is 10.1. The van der Waals surface area contributed by atoms with Crippen molar-refractivity contribution < 1.29 is 8.42 Å². The molecule has 0 amide bonds. The van der Waals surface area contributed by atoms with Crippen LogP contribution in [0, 0.1) is 6.92 Å². The minimum Gasteiger partial charge on any atom is -0.294 e. The fourth-order valence-corrected chi connectivity index (χ4v) is 3.78. The summed E-state index contributed by atoms with van der Waals surface area (Å²) in [6.07, 6.45) is 5.96. The van der Waals surface area contributed by atoms with Crippen LogP contribution in [0.5, 0.6) is 0 Å². The van der Waals surface area contributed by atoms with E-state index in [4.69, 9.17) is 5.14 Å². The Morgan fingerprint density at radius 2 is 2.00 bits per heavy atom. The summed E-state index contributed by atoms with van der Waals surface area (Å²) < 4.78 is 25.0. The predicted molar refractivity (Wildman–Crippen MR) is 113 cm³/mol. The lowest BCUT2D eigenvalue weighted by Gasteiger charge is -2.09. The maximum Gasteiger partial charge on any atom is 0.276 e. The van der Waals surface area contributed by atoms with Gasteiger partial charge in [-0.25, -0.2) is 23.2 Å². The van der Waals surface area contributed by atoms with Crippen LogP contribution in [0.25, 0.3) is 5.82 Å². The van der Waals surface area contributed by atoms with E-state index in [1.807, 2.05) is 26.0 Å². The topological polar surface area (TPSA) is 124 Å². The molecule has 3 N–H and O–H groups in total. The van der Waals surface area contributed by atoms with Crippen LogP contribution in [0.3, 0.4) is 0 Å². The number of unbranched alkanes of at least 4 members (excludes halogenated alkanes) is 1. The summed E-state index contributed by atoms with van der Waals surface area (Å²) in [6.45, 7) is 3.82. The van der Waals surface area contributed by atoms with Gasteiger partial charge in [0.15, 0.2) is 5.82 Å². The van der Waals surface area contributed by atoms with E-state index in [1.165, 1.54) is 16.8 Å². The molecule has 0 atom stereocenters. The summed E-state index contributed by atoms with van der Waals surface area (Å²) in [4.78, 5) is 21.4. The van der Waals surface area contributed by atoms with Crippen molar-refractivity contribution in [3.63, 3.8) is 0 Å². The van der Waals surface area contributed by atoms with Gasteiger partial charge >= 0.3 is 0 Å². The second-order valence-corrected chi connectivity index (χ2v) is 8.19. The molecule has 3 aromatic heterocycles. The molecule has 3 aromatic rings. The van der Waals surface area contributed by atoms with E-state index >= 15 is 0 Å². The molecule has 3 heterocycles. The molecule has 0 aliphatic carbocycles. The van der Waals surface area contributed by atoms with Gasteiger partial charge in [-0.1, -0.05) is 19.4 Å². The summed E-state index contributed by atoms with van der Waals surface area (Å²) in [7, 11) is -3.88. The van der Waals surface area contributed by atoms with Gasteiger partial charge in [-0.2, -0.15) is 0 Å². The highest BCUT2D eigenvalue weighted by Gasteiger charge is 2.19. The van der Waals surface area contributed by atoms with E-state index in [0.29, 0.717) is 29.9 Å². The Balaban J connectivity index is 0.00000300. The molecule has 156 valence electrons. The molecule has 0 fully saturated rings. The predicted octanol–water partition coefficient (Wildman–Crippen LogP) is 2.27. The Kier molecular flexibility index (Phi) is 7.34. The van der Waals surface area contributed by atoms with E-state index in [-0.39, 0.29) is 22.9 Å². The van der Waals surface area contributed by atoms with Crippen molar-refractivity contribution in [2.24, 2.45) is 5.14 Å². The smallest absolute Gasteiger partial charge is 0.276 e. The Hall–Kier alpha value is -2.49. The highest BCUT2D eigenvalue weighted by molar-refractivity contribution is 7.89. The number of nitrogens with one attached hydrogen (secondary N) is 1. The maximum absolute atomic E-state index is 12.9. The van der Waals surface area contributed by atoms with E-state index in [9.17, 15) is 13.2 Å². The number of aryl methyl sites for hydroxylation is 2. The van der Waals surface area contributed by atoms with E-state index in [0.717, 1.165) is 24.1 Å². The highest BCUT2D eigenvalue weighted by atomic mass is 35.5. The number of pyridine rings is 2. The third-order valence-corrected chi connectivity index (χ3v) is 5.50. The van der Waals surface area contributed by atoms with Gasteiger partial charge in [-0.15, -0.1) is 12.4 Å². The molecule has 0 aliphatic heterocycles. The Morgan fingerprint density at radius 3 is 2.62 bits per heavy atom. The van der Waals surface area contributed by atoms with Crippen molar-refractivity contribution in [2.75, 3.05) is 0 Å². The fourth-order valence-electron chi connectivity index (χ4n) is 3.04. The summed E-state index contributed by atoms with van der Waals surface area (Å²) >= 11 is 0. The van der Waals surface area contributed by atoms with Crippen molar-refractivity contribution in [1.29, 1.82) is 0 Å². The molecule has 8 nitrogen and oxygen atoms in total. The quantitative estimate of drug-likeness (QED) is 0.586. The molecule has 0 spiro atoms. The highest BCUT2D eigenvalue weighted by Crippen LogP contribution is 2.17. The van der Waals surface area contributed by atoms with Crippen LogP contribution in [-0.2, 0) is 22.9 Å². The first kappa shape index (κ1) is 22.8. The number of hydrogen-bond acceptors (Lipinski definition) is 5. The Morgan fingerprint density at radius 1 is 1.24 bits per heavy atom. The number of nitrogens with two attached hydrogens (primary N) is 1. The van der Waals surface area contributed by atoms with Gasteiger partial charge in [0.05, 0.1) is 5.69 Å². The first-order valence-electron chi connectivity index (χ1n) is 9.03. The van der Waals surface area contributed by atoms with Gasteiger partial charge in [-0.05, 0) is 43.5 Å². The van der Waals surface area contributed by atoms with Crippen LogP contribution in [0.4, 0.5) is 0 Å². The maximum atomic E-state index is 12.9. The summed E-state index contributed by atoms with van der Waals surface area (Å²) in [5.41, 5.74) is 2.41. The molecule has 0 radical (unpaired) electrons. The second-order valence-electron chi connectivity index (χ2n) is 6.66. The van der Waals surface area contributed by atoms with Crippen LogP contribution in [-0.4, -0.2) is 28.2 Å². The lowest BCUT2D eigenvalue weighted by molar-refractivity contribution is 0.594.